The molecule has 4 nitrogen and oxygen atoms in total. The third-order valence-electron chi connectivity index (χ3n) is 2.41. The number of rotatable bonds is 3. The Balaban J connectivity index is 2.42. The van der Waals surface area contributed by atoms with E-state index in [1.807, 2.05) is 4.57 Å². The highest BCUT2D eigenvalue weighted by molar-refractivity contribution is 4.96. The minimum atomic E-state index is 0.0472. The predicted molar refractivity (Wildman–Crippen MR) is 49.7 cm³/mol. The molecule has 0 aromatic carbocycles. The molecule has 1 aromatic rings. The average molecular weight is 181 g/mol. The maximum Gasteiger partial charge on any atom is 0.345 e. The van der Waals surface area contributed by atoms with Crippen molar-refractivity contribution in [3.63, 3.8) is 0 Å². The first kappa shape index (κ1) is 8.53. The molecule has 0 aliphatic heterocycles. The molecule has 1 fully saturated rings. The fraction of sp³-hybridized carbons (Fsp3) is 0.778. The van der Waals surface area contributed by atoms with Gasteiger partial charge in [-0.3, -0.25) is 4.57 Å². The van der Waals surface area contributed by atoms with E-state index in [1.54, 1.807) is 7.05 Å². The fourth-order valence-corrected chi connectivity index (χ4v) is 1.62. The zero-order chi connectivity index (χ0) is 9.42. The lowest BCUT2D eigenvalue weighted by Crippen LogP contribution is -2.22. The maximum absolute atomic E-state index is 11.6. The molecule has 1 heterocycles. The third-order valence-corrected chi connectivity index (χ3v) is 2.41. The number of aromatic nitrogens is 3. The van der Waals surface area contributed by atoms with Gasteiger partial charge in [-0.05, 0) is 19.3 Å². The molecule has 13 heavy (non-hydrogen) atoms. The largest absolute Gasteiger partial charge is 0.345 e. The fourth-order valence-electron chi connectivity index (χ4n) is 1.62. The molecule has 0 bridgehead atoms. The Morgan fingerprint density at radius 1 is 1.54 bits per heavy atom. The van der Waals surface area contributed by atoms with Gasteiger partial charge in [-0.2, -0.15) is 5.10 Å². The molecule has 0 atom stereocenters. The minimum absolute atomic E-state index is 0.0472. The van der Waals surface area contributed by atoms with E-state index in [-0.39, 0.29) is 5.69 Å². The van der Waals surface area contributed by atoms with Gasteiger partial charge >= 0.3 is 5.69 Å². The summed E-state index contributed by atoms with van der Waals surface area (Å²) in [7, 11) is 1.72. The van der Waals surface area contributed by atoms with Gasteiger partial charge < -0.3 is 0 Å². The maximum atomic E-state index is 11.6. The second kappa shape index (κ2) is 3.01. The van der Waals surface area contributed by atoms with E-state index in [0.717, 1.165) is 31.5 Å². The summed E-state index contributed by atoms with van der Waals surface area (Å²) in [5.41, 5.74) is 0.0472. The van der Waals surface area contributed by atoms with Gasteiger partial charge in [-0.1, -0.05) is 6.92 Å². The highest BCUT2D eigenvalue weighted by atomic mass is 16.2. The summed E-state index contributed by atoms with van der Waals surface area (Å²) in [6, 6.07) is 0.447. The first-order chi connectivity index (χ1) is 6.24. The summed E-state index contributed by atoms with van der Waals surface area (Å²) < 4.78 is 3.31. The summed E-state index contributed by atoms with van der Waals surface area (Å²) >= 11 is 0. The zero-order valence-electron chi connectivity index (χ0n) is 8.16. The molecule has 1 aliphatic carbocycles. The molecule has 1 aliphatic rings. The number of nitrogens with zero attached hydrogens (tertiary/aromatic N) is 3. The summed E-state index contributed by atoms with van der Waals surface area (Å²) in [5, 5.41) is 4.23. The molecule has 0 saturated heterocycles. The van der Waals surface area contributed by atoms with Crippen LogP contribution in [0.15, 0.2) is 4.79 Å². The van der Waals surface area contributed by atoms with Gasteiger partial charge in [-0.25, -0.2) is 9.48 Å². The van der Waals surface area contributed by atoms with Gasteiger partial charge in [0.15, 0.2) is 0 Å². The highest BCUT2D eigenvalue weighted by Crippen LogP contribution is 2.34. The quantitative estimate of drug-likeness (QED) is 0.694. The summed E-state index contributed by atoms with van der Waals surface area (Å²) in [5.74, 6) is 0.956. The molecular weight excluding hydrogens is 166 g/mol. The van der Waals surface area contributed by atoms with Crippen molar-refractivity contribution in [2.45, 2.75) is 38.6 Å². The van der Waals surface area contributed by atoms with E-state index in [2.05, 4.69) is 12.0 Å². The van der Waals surface area contributed by atoms with Crippen LogP contribution < -0.4 is 5.69 Å². The van der Waals surface area contributed by atoms with Gasteiger partial charge in [-0.15, -0.1) is 0 Å². The summed E-state index contributed by atoms with van der Waals surface area (Å²) in [4.78, 5) is 11.6. The van der Waals surface area contributed by atoms with Crippen LogP contribution in [0, 0.1) is 0 Å². The van der Waals surface area contributed by atoms with Crippen LogP contribution in [0.5, 0.6) is 0 Å². The van der Waals surface area contributed by atoms with Crippen molar-refractivity contribution in [1.29, 1.82) is 0 Å². The van der Waals surface area contributed by atoms with Crippen molar-refractivity contribution in [2.24, 2.45) is 7.05 Å². The Hall–Kier alpha value is -1.06. The van der Waals surface area contributed by atoms with Crippen molar-refractivity contribution >= 4 is 0 Å². The van der Waals surface area contributed by atoms with Crippen LogP contribution in [0.3, 0.4) is 0 Å². The second-order valence-electron chi connectivity index (χ2n) is 3.67. The Labute approximate surface area is 77.2 Å². The Morgan fingerprint density at radius 3 is 2.77 bits per heavy atom. The molecule has 0 spiro atoms. The van der Waals surface area contributed by atoms with Crippen LogP contribution in [0.2, 0.25) is 0 Å². The van der Waals surface area contributed by atoms with Crippen LogP contribution in [-0.4, -0.2) is 14.3 Å². The van der Waals surface area contributed by atoms with E-state index in [1.165, 1.54) is 4.68 Å². The smallest absolute Gasteiger partial charge is 0.276 e. The van der Waals surface area contributed by atoms with Gasteiger partial charge in [0, 0.05) is 19.5 Å². The molecule has 2 rings (SSSR count). The highest BCUT2D eigenvalue weighted by Gasteiger charge is 2.28. The van der Waals surface area contributed by atoms with Crippen molar-refractivity contribution in [3.8, 4) is 0 Å². The van der Waals surface area contributed by atoms with E-state index in [9.17, 15) is 4.79 Å². The lowest BCUT2D eigenvalue weighted by Gasteiger charge is -2.00. The molecule has 1 saturated carbocycles. The molecule has 4 heteroatoms. The lowest BCUT2D eigenvalue weighted by atomic mass is 10.3. The van der Waals surface area contributed by atoms with E-state index < -0.39 is 0 Å². The van der Waals surface area contributed by atoms with Crippen molar-refractivity contribution in [3.05, 3.63) is 16.3 Å². The van der Waals surface area contributed by atoms with Crippen molar-refractivity contribution in [2.75, 3.05) is 0 Å². The first-order valence-electron chi connectivity index (χ1n) is 4.88. The van der Waals surface area contributed by atoms with E-state index in [4.69, 9.17) is 0 Å². The monoisotopic (exact) mass is 181 g/mol. The van der Waals surface area contributed by atoms with Crippen molar-refractivity contribution in [1.82, 2.24) is 14.3 Å². The number of hydrogen-bond acceptors (Lipinski definition) is 2. The molecule has 0 unspecified atom stereocenters. The molecule has 0 radical (unpaired) electrons. The summed E-state index contributed by atoms with van der Waals surface area (Å²) in [6.45, 7) is 2.11. The molecule has 0 N–H and O–H groups in total. The minimum Gasteiger partial charge on any atom is -0.276 e. The molecule has 72 valence electrons. The number of aryl methyl sites for hydroxylation is 2. The Kier molecular flexibility index (Phi) is 1.98. The van der Waals surface area contributed by atoms with Crippen LogP contribution in [0.25, 0.3) is 0 Å². The van der Waals surface area contributed by atoms with Gasteiger partial charge in [0.2, 0.25) is 0 Å². The molecule has 1 aromatic heterocycles. The van der Waals surface area contributed by atoms with Gasteiger partial charge in [0.05, 0.1) is 0 Å². The Bertz CT molecular complexity index is 359. The topological polar surface area (TPSA) is 39.8 Å². The standard InChI is InChI=1S/C9H15N3O/c1-3-4-8-10-11(2)9(13)12(8)7-5-6-7/h7H,3-6H2,1-2H3. The predicted octanol–water partition coefficient (Wildman–Crippen LogP) is 0.869. The lowest BCUT2D eigenvalue weighted by molar-refractivity contribution is 0.644. The normalized spacial score (nSPS) is 16.5. The van der Waals surface area contributed by atoms with Crippen molar-refractivity contribution < 1.29 is 0 Å². The zero-order valence-corrected chi connectivity index (χ0v) is 8.16. The molecular formula is C9H15N3O. The number of hydrogen-bond donors (Lipinski definition) is 0. The van der Waals surface area contributed by atoms with Gasteiger partial charge in [0.1, 0.15) is 5.82 Å². The van der Waals surface area contributed by atoms with E-state index in [0.29, 0.717) is 6.04 Å². The average Bonchev–Trinajstić information content (AvgIpc) is 2.85. The van der Waals surface area contributed by atoms with E-state index >= 15 is 0 Å². The third kappa shape index (κ3) is 1.41. The second-order valence-corrected chi connectivity index (χ2v) is 3.67. The summed E-state index contributed by atoms with van der Waals surface area (Å²) in [6.07, 6.45) is 4.24. The van der Waals surface area contributed by atoms with Crippen LogP contribution >= 0.6 is 0 Å². The molecule has 0 amide bonds. The SMILES string of the molecule is CCCc1nn(C)c(=O)n1C1CC1. The van der Waals surface area contributed by atoms with Crippen LogP contribution in [0.4, 0.5) is 0 Å². The van der Waals surface area contributed by atoms with Crippen LogP contribution in [-0.2, 0) is 13.5 Å². The van der Waals surface area contributed by atoms with Gasteiger partial charge in [0.25, 0.3) is 0 Å². The first-order valence-corrected chi connectivity index (χ1v) is 4.88. The van der Waals surface area contributed by atoms with Crippen LogP contribution in [0.1, 0.15) is 38.1 Å². The Morgan fingerprint density at radius 2 is 2.23 bits per heavy atom.